The lowest BCUT2D eigenvalue weighted by Gasteiger charge is -1.96. The fourth-order valence-electron chi connectivity index (χ4n) is 1.75. The number of aryl methyl sites for hydroxylation is 1. The highest BCUT2D eigenvalue weighted by Crippen LogP contribution is 2.25. The van der Waals surface area contributed by atoms with Gasteiger partial charge in [0, 0.05) is 15.6 Å². The Morgan fingerprint density at radius 3 is 1.79 bits per heavy atom. The first-order valence-electron chi connectivity index (χ1n) is 5.89. The quantitative estimate of drug-likeness (QED) is 0.700. The van der Waals surface area contributed by atoms with E-state index in [1.54, 1.807) is 0 Å². The number of hydrogen-bond donors (Lipinski definition) is 0. The highest BCUT2D eigenvalue weighted by molar-refractivity contribution is 9.10. The molecule has 0 aliphatic rings. The average Bonchev–Trinajstić information content (AvgIpc) is 2.90. The third-order valence-corrected chi connectivity index (χ3v) is 3.34. The van der Waals surface area contributed by atoms with E-state index in [-0.39, 0.29) is 0 Å². The smallest absolute Gasteiger partial charge is 0.248 e. The topological polar surface area (TPSA) is 38.9 Å². The highest BCUT2D eigenvalue weighted by atomic mass is 79.9. The average molecular weight is 315 g/mol. The van der Waals surface area contributed by atoms with E-state index in [2.05, 4.69) is 26.1 Å². The molecule has 0 fully saturated rings. The van der Waals surface area contributed by atoms with Gasteiger partial charge in [0.2, 0.25) is 11.8 Å². The van der Waals surface area contributed by atoms with Crippen LogP contribution >= 0.6 is 15.9 Å². The first kappa shape index (κ1) is 12.1. The van der Waals surface area contributed by atoms with Crippen molar-refractivity contribution in [3.63, 3.8) is 0 Å². The maximum absolute atomic E-state index is 5.70. The molecule has 0 bridgehead atoms. The van der Waals surface area contributed by atoms with Crippen molar-refractivity contribution >= 4 is 15.9 Å². The van der Waals surface area contributed by atoms with E-state index in [9.17, 15) is 0 Å². The van der Waals surface area contributed by atoms with Crippen LogP contribution in [0.4, 0.5) is 0 Å². The number of aromatic nitrogens is 2. The van der Waals surface area contributed by atoms with Crippen LogP contribution in [0.15, 0.2) is 57.4 Å². The van der Waals surface area contributed by atoms with Crippen molar-refractivity contribution in [2.45, 2.75) is 6.92 Å². The number of halogens is 1. The van der Waals surface area contributed by atoms with Gasteiger partial charge >= 0.3 is 0 Å². The van der Waals surface area contributed by atoms with Gasteiger partial charge in [-0.2, -0.15) is 0 Å². The van der Waals surface area contributed by atoms with Crippen LogP contribution in [0.25, 0.3) is 22.9 Å². The van der Waals surface area contributed by atoms with Crippen molar-refractivity contribution < 1.29 is 4.42 Å². The monoisotopic (exact) mass is 314 g/mol. The van der Waals surface area contributed by atoms with Crippen LogP contribution in [-0.2, 0) is 0 Å². The Morgan fingerprint density at radius 2 is 1.26 bits per heavy atom. The van der Waals surface area contributed by atoms with E-state index in [1.807, 2.05) is 55.5 Å². The third kappa shape index (κ3) is 2.58. The molecule has 3 nitrogen and oxygen atoms in total. The molecule has 0 aliphatic heterocycles. The summed E-state index contributed by atoms with van der Waals surface area (Å²) in [4.78, 5) is 0. The van der Waals surface area contributed by atoms with Crippen LogP contribution in [0.5, 0.6) is 0 Å². The van der Waals surface area contributed by atoms with Crippen molar-refractivity contribution in [2.75, 3.05) is 0 Å². The summed E-state index contributed by atoms with van der Waals surface area (Å²) < 4.78 is 6.72. The molecule has 0 saturated carbocycles. The fourth-order valence-corrected chi connectivity index (χ4v) is 2.01. The molecule has 4 heteroatoms. The number of hydrogen-bond acceptors (Lipinski definition) is 3. The van der Waals surface area contributed by atoms with Gasteiger partial charge in [0.05, 0.1) is 0 Å². The summed E-state index contributed by atoms with van der Waals surface area (Å²) in [5.41, 5.74) is 3.05. The standard InChI is InChI=1S/C15H11BrN2O/c1-10-2-4-11(5-3-10)14-17-18-15(19-14)12-6-8-13(16)9-7-12/h2-9H,1H3. The predicted octanol–water partition coefficient (Wildman–Crippen LogP) is 4.47. The van der Waals surface area contributed by atoms with Crippen LogP contribution < -0.4 is 0 Å². The fraction of sp³-hybridized carbons (Fsp3) is 0.0667. The molecule has 1 aromatic heterocycles. The van der Waals surface area contributed by atoms with E-state index >= 15 is 0 Å². The summed E-state index contributed by atoms with van der Waals surface area (Å²) in [5, 5.41) is 8.17. The minimum atomic E-state index is 0.531. The molecular weight excluding hydrogens is 304 g/mol. The molecule has 3 aromatic rings. The van der Waals surface area contributed by atoms with E-state index in [0.717, 1.165) is 15.6 Å². The van der Waals surface area contributed by atoms with Crippen molar-refractivity contribution in [2.24, 2.45) is 0 Å². The molecule has 0 radical (unpaired) electrons. The summed E-state index contributed by atoms with van der Waals surface area (Å²) in [6, 6.07) is 15.8. The minimum Gasteiger partial charge on any atom is -0.416 e. The molecule has 1 heterocycles. The van der Waals surface area contributed by atoms with Crippen molar-refractivity contribution in [3.8, 4) is 22.9 Å². The molecule has 0 spiro atoms. The second kappa shape index (κ2) is 4.97. The van der Waals surface area contributed by atoms with Gasteiger partial charge in [-0.15, -0.1) is 10.2 Å². The largest absolute Gasteiger partial charge is 0.416 e. The summed E-state index contributed by atoms with van der Waals surface area (Å²) in [6.07, 6.45) is 0. The van der Waals surface area contributed by atoms with Crippen molar-refractivity contribution in [1.29, 1.82) is 0 Å². The second-order valence-electron chi connectivity index (χ2n) is 4.29. The molecule has 0 aliphatic carbocycles. The molecule has 0 amide bonds. The van der Waals surface area contributed by atoms with Gasteiger partial charge in [-0.1, -0.05) is 33.6 Å². The van der Waals surface area contributed by atoms with Crippen molar-refractivity contribution in [3.05, 3.63) is 58.6 Å². The second-order valence-corrected chi connectivity index (χ2v) is 5.20. The van der Waals surface area contributed by atoms with Crippen LogP contribution in [-0.4, -0.2) is 10.2 Å². The van der Waals surface area contributed by atoms with Crippen LogP contribution in [0.1, 0.15) is 5.56 Å². The predicted molar refractivity (Wildman–Crippen MR) is 77.6 cm³/mol. The highest BCUT2D eigenvalue weighted by Gasteiger charge is 2.09. The summed E-state index contributed by atoms with van der Waals surface area (Å²) in [7, 11) is 0. The van der Waals surface area contributed by atoms with Gasteiger partial charge in [0.15, 0.2) is 0 Å². The lowest BCUT2D eigenvalue weighted by Crippen LogP contribution is -1.78. The SMILES string of the molecule is Cc1ccc(-c2nnc(-c3ccc(Br)cc3)o2)cc1. The van der Waals surface area contributed by atoms with Crippen LogP contribution in [0.2, 0.25) is 0 Å². The molecule has 2 aromatic carbocycles. The van der Waals surface area contributed by atoms with Gasteiger partial charge in [-0.3, -0.25) is 0 Å². The van der Waals surface area contributed by atoms with Gasteiger partial charge < -0.3 is 4.42 Å². The molecule has 0 N–H and O–H groups in total. The molecule has 94 valence electrons. The normalized spacial score (nSPS) is 10.6. The molecule has 3 rings (SSSR count). The Hall–Kier alpha value is -1.94. The number of benzene rings is 2. The minimum absolute atomic E-state index is 0.531. The lowest BCUT2D eigenvalue weighted by molar-refractivity contribution is 0.584. The lowest BCUT2D eigenvalue weighted by atomic mass is 10.1. The maximum Gasteiger partial charge on any atom is 0.248 e. The van der Waals surface area contributed by atoms with Crippen molar-refractivity contribution in [1.82, 2.24) is 10.2 Å². The molecule has 0 unspecified atom stereocenters. The number of nitrogens with zero attached hydrogens (tertiary/aromatic N) is 2. The first-order chi connectivity index (χ1) is 9.22. The molecule has 19 heavy (non-hydrogen) atoms. The Balaban J connectivity index is 1.95. The van der Waals surface area contributed by atoms with Crippen LogP contribution in [0, 0.1) is 6.92 Å². The Kier molecular flexibility index (Phi) is 3.17. The molecule has 0 saturated heterocycles. The zero-order chi connectivity index (χ0) is 13.2. The van der Waals surface area contributed by atoms with Crippen LogP contribution in [0.3, 0.4) is 0 Å². The molecular formula is C15H11BrN2O. The zero-order valence-corrected chi connectivity index (χ0v) is 11.9. The Morgan fingerprint density at radius 1 is 0.789 bits per heavy atom. The number of rotatable bonds is 2. The third-order valence-electron chi connectivity index (χ3n) is 2.81. The Labute approximate surface area is 119 Å². The summed E-state index contributed by atoms with van der Waals surface area (Å²) in [6.45, 7) is 2.05. The maximum atomic E-state index is 5.70. The molecule has 0 atom stereocenters. The Bertz CT molecular complexity index is 627. The van der Waals surface area contributed by atoms with Gasteiger partial charge in [0.1, 0.15) is 0 Å². The first-order valence-corrected chi connectivity index (χ1v) is 6.68. The zero-order valence-electron chi connectivity index (χ0n) is 10.3. The summed E-state index contributed by atoms with van der Waals surface area (Å²) >= 11 is 3.40. The van der Waals surface area contributed by atoms with E-state index < -0.39 is 0 Å². The summed E-state index contributed by atoms with van der Waals surface area (Å²) in [5.74, 6) is 1.07. The van der Waals surface area contributed by atoms with Gasteiger partial charge in [-0.05, 0) is 43.3 Å². The van der Waals surface area contributed by atoms with Gasteiger partial charge in [0.25, 0.3) is 0 Å². The van der Waals surface area contributed by atoms with E-state index in [0.29, 0.717) is 11.8 Å². The van der Waals surface area contributed by atoms with Gasteiger partial charge in [-0.25, -0.2) is 0 Å². The van der Waals surface area contributed by atoms with E-state index in [1.165, 1.54) is 5.56 Å². The van der Waals surface area contributed by atoms with E-state index in [4.69, 9.17) is 4.42 Å².